The van der Waals surface area contributed by atoms with Crippen LogP contribution in [-0.2, 0) is 0 Å². The fourth-order valence-corrected chi connectivity index (χ4v) is 3.81. The third kappa shape index (κ3) is 4.47. The summed E-state index contributed by atoms with van der Waals surface area (Å²) in [6, 6.07) is 3.88. The lowest BCUT2D eigenvalue weighted by Crippen LogP contribution is -2.18. The number of amides is 1. The molecule has 1 aliphatic rings. The van der Waals surface area contributed by atoms with Crippen LogP contribution < -0.4 is 21.1 Å². The molecule has 7 nitrogen and oxygen atoms in total. The summed E-state index contributed by atoms with van der Waals surface area (Å²) in [5.41, 5.74) is 4.06. The molecule has 0 bridgehead atoms. The standard InChI is InChI=1S/C20H18F3N5O2S/c21-11-2-1-3-12(22)16(11)17-13(23)6-14(24)18(28-17)19(29)27-15-8-26-31-20(15)30-9-10-4-5-25-7-10/h1-3,6,8,10,25H,4-5,7,9,24H2,(H,27,29). The number of nitrogen functional groups attached to an aromatic ring is 1. The van der Waals surface area contributed by atoms with Crippen LogP contribution in [0.3, 0.4) is 0 Å². The number of pyridine rings is 1. The van der Waals surface area contributed by atoms with E-state index < -0.39 is 34.6 Å². The number of halogens is 3. The van der Waals surface area contributed by atoms with Crippen LogP contribution in [0.25, 0.3) is 11.3 Å². The molecule has 1 aromatic carbocycles. The van der Waals surface area contributed by atoms with Gasteiger partial charge in [0.15, 0.2) is 11.5 Å². The number of carbonyl (C=O) groups is 1. The SMILES string of the molecule is Nc1cc(F)c(-c2c(F)cccc2F)nc1C(=O)Nc1cnsc1OCC1CCNC1. The van der Waals surface area contributed by atoms with Crippen molar-refractivity contribution < 1.29 is 22.7 Å². The Kier molecular flexibility index (Phi) is 6.05. The molecule has 0 spiro atoms. The van der Waals surface area contributed by atoms with E-state index in [1.807, 2.05) is 0 Å². The third-order valence-corrected chi connectivity index (χ3v) is 5.53. The molecule has 1 atom stereocenters. The van der Waals surface area contributed by atoms with Gasteiger partial charge in [-0.15, -0.1) is 0 Å². The molecule has 0 saturated carbocycles. The van der Waals surface area contributed by atoms with Crippen LogP contribution in [0.5, 0.6) is 5.06 Å². The minimum atomic E-state index is -1.05. The molecule has 0 radical (unpaired) electrons. The molecule has 0 aliphatic carbocycles. The zero-order chi connectivity index (χ0) is 22.0. The number of nitrogens with zero attached hydrogens (tertiary/aromatic N) is 2. The Labute approximate surface area is 179 Å². The van der Waals surface area contributed by atoms with Gasteiger partial charge in [-0.3, -0.25) is 4.79 Å². The van der Waals surface area contributed by atoms with E-state index in [0.717, 1.165) is 55.3 Å². The molecular formula is C20H18F3N5O2S. The quantitative estimate of drug-likeness (QED) is 0.533. The van der Waals surface area contributed by atoms with Gasteiger partial charge in [-0.1, -0.05) is 6.07 Å². The molecule has 1 amide bonds. The highest BCUT2D eigenvalue weighted by Crippen LogP contribution is 2.32. The Balaban J connectivity index is 1.58. The van der Waals surface area contributed by atoms with E-state index in [4.69, 9.17) is 10.5 Å². The second kappa shape index (κ2) is 8.90. The molecule has 4 rings (SSSR count). The normalized spacial score (nSPS) is 15.8. The zero-order valence-electron chi connectivity index (χ0n) is 16.1. The topological polar surface area (TPSA) is 102 Å². The monoisotopic (exact) mass is 449 g/mol. The fourth-order valence-electron chi connectivity index (χ4n) is 3.23. The van der Waals surface area contributed by atoms with Crippen LogP contribution in [0.15, 0.2) is 30.5 Å². The molecule has 1 unspecified atom stereocenters. The van der Waals surface area contributed by atoms with Crippen LogP contribution in [-0.4, -0.2) is 35.0 Å². The molecule has 1 aliphatic heterocycles. The number of benzene rings is 1. The number of hydrogen-bond acceptors (Lipinski definition) is 7. The van der Waals surface area contributed by atoms with Gasteiger partial charge >= 0.3 is 0 Å². The van der Waals surface area contributed by atoms with Gasteiger partial charge in [0.05, 0.1) is 24.1 Å². The van der Waals surface area contributed by atoms with E-state index in [9.17, 15) is 18.0 Å². The van der Waals surface area contributed by atoms with Gasteiger partial charge in [0.25, 0.3) is 5.91 Å². The second-order valence-corrected chi connectivity index (χ2v) is 7.77. The summed E-state index contributed by atoms with van der Waals surface area (Å²) in [5, 5.41) is 6.21. The van der Waals surface area contributed by atoms with Gasteiger partial charge in [-0.05, 0) is 25.1 Å². The Morgan fingerprint density at radius 3 is 2.77 bits per heavy atom. The van der Waals surface area contributed by atoms with Gasteiger partial charge in [0, 0.05) is 30.1 Å². The van der Waals surface area contributed by atoms with Crippen LogP contribution in [0.2, 0.25) is 0 Å². The second-order valence-electron chi connectivity index (χ2n) is 7.00. The Morgan fingerprint density at radius 1 is 1.29 bits per heavy atom. The summed E-state index contributed by atoms with van der Waals surface area (Å²) < 4.78 is 52.4. The van der Waals surface area contributed by atoms with E-state index in [1.54, 1.807) is 0 Å². The van der Waals surface area contributed by atoms with Gasteiger partial charge in [0.1, 0.15) is 23.0 Å². The van der Waals surface area contributed by atoms with Crippen molar-refractivity contribution in [1.82, 2.24) is 14.7 Å². The number of aromatic nitrogens is 2. The van der Waals surface area contributed by atoms with E-state index in [1.165, 1.54) is 6.20 Å². The third-order valence-electron chi connectivity index (χ3n) is 4.82. The van der Waals surface area contributed by atoms with Crippen molar-refractivity contribution in [2.45, 2.75) is 6.42 Å². The van der Waals surface area contributed by atoms with Gasteiger partial charge in [-0.2, -0.15) is 4.37 Å². The van der Waals surface area contributed by atoms with Crippen LogP contribution in [0.1, 0.15) is 16.9 Å². The predicted octanol–water partition coefficient (Wildman–Crippen LogP) is 3.45. The van der Waals surface area contributed by atoms with Crippen LogP contribution in [0, 0.1) is 23.4 Å². The van der Waals surface area contributed by atoms with Crippen molar-refractivity contribution in [1.29, 1.82) is 0 Å². The first kappa shape index (κ1) is 21.1. The number of carbonyl (C=O) groups excluding carboxylic acids is 1. The maximum atomic E-state index is 14.4. The van der Waals surface area contributed by atoms with Crippen molar-refractivity contribution >= 4 is 28.8 Å². The summed E-state index contributed by atoms with van der Waals surface area (Å²) in [4.78, 5) is 16.6. The largest absolute Gasteiger partial charge is 0.481 e. The highest BCUT2D eigenvalue weighted by atomic mass is 32.1. The number of ether oxygens (including phenoxy) is 1. The van der Waals surface area contributed by atoms with Crippen LogP contribution >= 0.6 is 11.5 Å². The molecule has 1 fully saturated rings. The van der Waals surface area contributed by atoms with Crippen molar-refractivity contribution in [2.24, 2.45) is 5.92 Å². The molecule has 4 N–H and O–H groups in total. The lowest BCUT2D eigenvalue weighted by molar-refractivity contribution is 0.102. The first-order chi connectivity index (χ1) is 14.9. The van der Waals surface area contributed by atoms with E-state index in [0.29, 0.717) is 23.3 Å². The lowest BCUT2D eigenvalue weighted by atomic mass is 10.1. The Bertz CT molecular complexity index is 1100. The fraction of sp³-hybridized carbons (Fsp3) is 0.250. The summed E-state index contributed by atoms with van der Waals surface area (Å²) in [7, 11) is 0. The predicted molar refractivity (Wildman–Crippen MR) is 110 cm³/mol. The van der Waals surface area contributed by atoms with Crippen molar-refractivity contribution in [3.05, 3.63) is 53.6 Å². The molecule has 3 heterocycles. The average Bonchev–Trinajstić information content (AvgIpc) is 3.39. The van der Waals surface area contributed by atoms with E-state index in [-0.39, 0.29) is 11.4 Å². The highest BCUT2D eigenvalue weighted by Gasteiger charge is 2.23. The molecule has 31 heavy (non-hydrogen) atoms. The number of rotatable bonds is 6. The number of nitrogens with one attached hydrogen (secondary N) is 2. The summed E-state index contributed by atoms with van der Waals surface area (Å²) >= 11 is 1.06. The van der Waals surface area contributed by atoms with Crippen molar-refractivity contribution in [2.75, 3.05) is 30.7 Å². The lowest BCUT2D eigenvalue weighted by Gasteiger charge is -2.12. The first-order valence-electron chi connectivity index (χ1n) is 9.44. The number of nitrogens with two attached hydrogens (primary N) is 1. The molecular weight excluding hydrogens is 431 g/mol. The van der Waals surface area contributed by atoms with Gasteiger partial charge in [-0.25, -0.2) is 18.2 Å². The summed E-state index contributed by atoms with van der Waals surface area (Å²) in [5.74, 6) is -3.51. The van der Waals surface area contributed by atoms with Crippen molar-refractivity contribution in [3.63, 3.8) is 0 Å². The molecule has 3 aromatic rings. The molecule has 162 valence electrons. The summed E-state index contributed by atoms with van der Waals surface area (Å²) in [6.45, 7) is 2.25. The first-order valence-corrected chi connectivity index (χ1v) is 10.2. The summed E-state index contributed by atoms with van der Waals surface area (Å²) in [6.07, 6.45) is 2.40. The maximum Gasteiger partial charge on any atom is 0.276 e. The number of hydrogen-bond donors (Lipinski definition) is 3. The Hall–Kier alpha value is -3.18. The smallest absolute Gasteiger partial charge is 0.276 e. The molecule has 1 saturated heterocycles. The minimum Gasteiger partial charge on any atom is -0.481 e. The van der Waals surface area contributed by atoms with E-state index >= 15 is 0 Å². The van der Waals surface area contributed by atoms with Gasteiger partial charge < -0.3 is 21.1 Å². The number of anilines is 2. The molecule has 11 heteroatoms. The zero-order valence-corrected chi connectivity index (χ0v) is 16.9. The highest BCUT2D eigenvalue weighted by molar-refractivity contribution is 7.08. The average molecular weight is 449 g/mol. The maximum absolute atomic E-state index is 14.4. The van der Waals surface area contributed by atoms with Crippen LogP contribution in [0.4, 0.5) is 24.5 Å². The van der Waals surface area contributed by atoms with Crippen molar-refractivity contribution in [3.8, 4) is 16.3 Å². The van der Waals surface area contributed by atoms with Gasteiger partial charge in [0.2, 0.25) is 5.06 Å². The molecule has 2 aromatic heterocycles. The van der Waals surface area contributed by atoms with E-state index in [2.05, 4.69) is 20.0 Å². The Morgan fingerprint density at radius 2 is 2.06 bits per heavy atom. The minimum absolute atomic E-state index is 0.279.